The first-order chi connectivity index (χ1) is 16.0. The lowest BCUT2D eigenvalue weighted by molar-refractivity contribution is 0.0602. The number of hydrogen-bond acceptors (Lipinski definition) is 5. The topological polar surface area (TPSA) is 90.6 Å². The first-order valence-electron chi connectivity index (χ1n) is 10.4. The predicted octanol–water partition coefficient (Wildman–Crippen LogP) is 5.26. The van der Waals surface area contributed by atoms with Crippen LogP contribution in [0, 0.1) is 0 Å². The Labute approximate surface area is 197 Å². The third kappa shape index (κ3) is 4.71. The van der Waals surface area contributed by atoms with Crippen molar-refractivity contribution in [2.75, 3.05) is 26.0 Å². The maximum Gasteiger partial charge on any atom is 0.407 e. The van der Waals surface area contributed by atoms with E-state index in [0.29, 0.717) is 10.6 Å². The molecule has 3 aromatic rings. The van der Waals surface area contributed by atoms with Crippen molar-refractivity contribution in [3.63, 3.8) is 0 Å². The molecular weight excluding hydrogens is 440 g/mol. The Morgan fingerprint density at radius 1 is 1.06 bits per heavy atom. The van der Waals surface area contributed by atoms with Gasteiger partial charge in [-0.25, -0.2) is 9.59 Å². The molecule has 0 aliphatic heterocycles. The number of alkyl carbamates (subject to hydrolysis) is 1. The number of ether oxygens (including phenoxy) is 2. The van der Waals surface area contributed by atoms with Crippen molar-refractivity contribution in [2.45, 2.75) is 5.92 Å². The van der Waals surface area contributed by atoms with Crippen molar-refractivity contribution < 1.29 is 19.1 Å². The van der Waals surface area contributed by atoms with E-state index in [-0.39, 0.29) is 30.3 Å². The van der Waals surface area contributed by atoms with Crippen molar-refractivity contribution in [2.24, 2.45) is 0 Å². The molecule has 0 saturated carbocycles. The minimum atomic E-state index is -0.546. The molecule has 3 aromatic carbocycles. The van der Waals surface area contributed by atoms with Gasteiger partial charge in [0.05, 0.1) is 12.7 Å². The van der Waals surface area contributed by atoms with Crippen LogP contribution in [-0.4, -0.2) is 32.3 Å². The molecule has 0 bridgehead atoms. The van der Waals surface area contributed by atoms with Gasteiger partial charge in [-0.3, -0.25) is 0 Å². The van der Waals surface area contributed by atoms with Crippen LogP contribution < -0.4 is 11.1 Å². The molecule has 0 saturated heterocycles. The van der Waals surface area contributed by atoms with Crippen molar-refractivity contribution in [3.05, 3.63) is 94.0 Å². The molecule has 1 aliphatic rings. The van der Waals surface area contributed by atoms with E-state index in [9.17, 15) is 9.59 Å². The average Bonchev–Trinajstić information content (AvgIpc) is 3.15. The molecule has 0 atom stereocenters. The number of hydrogen-bond donors (Lipinski definition) is 2. The highest BCUT2D eigenvalue weighted by atomic mass is 35.5. The summed E-state index contributed by atoms with van der Waals surface area (Å²) in [4.78, 5) is 24.1. The van der Waals surface area contributed by atoms with Gasteiger partial charge in [-0.2, -0.15) is 0 Å². The minimum Gasteiger partial charge on any atom is -0.465 e. The zero-order chi connectivity index (χ0) is 23.4. The van der Waals surface area contributed by atoms with Gasteiger partial charge in [0.2, 0.25) is 0 Å². The molecule has 0 aromatic heterocycles. The number of nitrogens with two attached hydrogens (primary N) is 1. The number of benzene rings is 3. The lowest BCUT2D eigenvalue weighted by Gasteiger charge is -2.14. The highest BCUT2D eigenvalue weighted by Gasteiger charge is 2.28. The second-order valence-electron chi connectivity index (χ2n) is 7.56. The van der Waals surface area contributed by atoms with E-state index in [2.05, 4.69) is 29.6 Å². The van der Waals surface area contributed by atoms with Crippen LogP contribution in [0.1, 0.15) is 33.0 Å². The van der Waals surface area contributed by atoms with E-state index in [4.69, 9.17) is 26.8 Å². The highest BCUT2D eigenvalue weighted by Crippen LogP contribution is 2.44. The monoisotopic (exact) mass is 462 g/mol. The second-order valence-corrected chi connectivity index (χ2v) is 7.97. The number of methoxy groups -OCH3 is 1. The Morgan fingerprint density at radius 2 is 1.70 bits per heavy atom. The molecule has 4 rings (SSSR count). The van der Waals surface area contributed by atoms with Gasteiger partial charge in [-0.1, -0.05) is 72.3 Å². The Kier molecular flexibility index (Phi) is 6.66. The molecule has 1 amide bonds. The maximum absolute atomic E-state index is 12.3. The van der Waals surface area contributed by atoms with Gasteiger partial charge in [-0.15, -0.1) is 0 Å². The van der Waals surface area contributed by atoms with Gasteiger partial charge in [0.15, 0.2) is 0 Å². The molecular formula is C26H23ClN2O4. The zero-order valence-electron chi connectivity index (χ0n) is 18.0. The number of carbonyl (C=O) groups excluding carboxylic acids is 2. The van der Waals surface area contributed by atoms with Crippen molar-refractivity contribution in [3.8, 4) is 11.1 Å². The Morgan fingerprint density at radius 3 is 2.33 bits per heavy atom. The van der Waals surface area contributed by atoms with Crippen LogP contribution in [0.3, 0.4) is 0 Å². The van der Waals surface area contributed by atoms with Crippen LogP contribution in [0.2, 0.25) is 5.02 Å². The first-order valence-corrected chi connectivity index (χ1v) is 10.8. The van der Waals surface area contributed by atoms with Crippen LogP contribution in [0.5, 0.6) is 0 Å². The van der Waals surface area contributed by atoms with E-state index in [1.54, 1.807) is 18.2 Å². The fourth-order valence-electron chi connectivity index (χ4n) is 4.00. The normalized spacial score (nSPS) is 12.3. The van der Waals surface area contributed by atoms with E-state index in [1.165, 1.54) is 24.3 Å². The molecule has 0 radical (unpaired) electrons. The summed E-state index contributed by atoms with van der Waals surface area (Å²) in [5.74, 6) is -0.542. The summed E-state index contributed by atoms with van der Waals surface area (Å²) in [5, 5.41) is 3.08. The van der Waals surface area contributed by atoms with Gasteiger partial charge < -0.3 is 20.5 Å². The second kappa shape index (κ2) is 9.79. The van der Waals surface area contributed by atoms with Crippen LogP contribution >= 0.6 is 11.6 Å². The SMILES string of the molecule is COC(=O)c1cc(C=CCNC(=O)OCC2c3ccccc3-c3ccccc32)c(Cl)cc1N. The summed E-state index contributed by atoms with van der Waals surface area (Å²) in [6.45, 7) is 0.473. The molecule has 3 N–H and O–H groups in total. The van der Waals surface area contributed by atoms with Crippen LogP contribution in [0.15, 0.2) is 66.7 Å². The van der Waals surface area contributed by atoms with Crippen LogP contribution in [-0.2, 0) is 9.47 Å². The van der Waals surface area contributed by atoms with Gasteiger partial charge in [0.1, 0.15) is 6.61 Å². The lowest BCUT2D eigenvalue weighted by atomic mass is 9.98. The molecule has 168 valence electrons. The number of nitrogens with one attached hydrogen (secondary N) is 1. The third-order valence-electron chi connectivity index (χ3n) is 5.58. The molecule has 0 heterocycles. The van der Waals surface area contributed by atoms with E-state index in [0.717, 1.165) is 11.1 Å². The van der Waals surface area contributed by atoms with Gasteiger partial charge in [0, 0.05) is 23.2 Å². The average molecular weight is 463 g/mol. The van der Waals surface area contributed by atoms with E-state index >= 15 is 0 Å². The summed E-state index contributed by atoms with van der Waals surface area (Å²) < 4.78 is 10.2. The summed E-state index contributed by atoms with van der Waals surface area (Å²) in [6.07, 6.45) is 2.89. The van der Waals surface area contributed by atoms with Gasteiger partial charge in [-0.05, 0) is 39.9 Å². The number of carbonyl (C=O) groups is 2. The van der Waals surface area contributed by atoms with Crippen molar-refractivity contribution in [1.82, 2.24) is 5.32 Å². The third-order valence-corrected chi connectivity index (χ3v) is 5.91. The number of nitrogen functional groups attached to an aromatic ring is 1. The van der Waals surface area contributed by atoms with Crippen molar-refractivity contribution >= 4 is 35.4 Å². The number of esters is 1. The highest BCUT2D eigenvalue weighted by molar-refractivity contribution is 6.32. The maximum atomic E-state index is 12.3. The summed E-state index contributed by atoms with van der Waals surface area (Å²) in [5.41, 5.74) is 11.5. The molecule has 0 spiro atoms. The zero-order valence-corrected chi connectivity index (χ0v) is 18.8. The molecule has 0 unspecified atom stereocenters. The fraction of sp³-hybridized carbons (Fsp3) is 0.154. The largest absolute Gasteiger partial charge is 0.465 e. The predicted molar refractivity (Wildman–Crippen MR) is 129 cm³/mol. The van der Waals surface area contributed by atoms with Gasteiger partial charge >= 0.3 is 12.1 Å². The number of rotatable bonds is 6. The first kappa shape index (κ1) is 22.4. The Bertz CT molecular complexity index is 1190. The standard InChI is InChI=1S/C26H23ClN2O4/c1-32-25(30)21-13-16(23(27)14-24(21)28)7-6-12-29-26(31)33-15-22-19-10-4-2-8-17(19)18-9-3-5-11-20(18)22/h2-11,13-14,22H,12,15,28H2,1H3,(H,29,31). The van der Waals surface area contributed by atoms with Crippen LogP contribution in [0.25, 0.3) is 17.2 Å². The fourth-order valence-corrected chi connectivity index (χ4v) is 4.23. The van der Waals surface area contributed by atoms with Gasteiger partial charge in [0.25, 0.3) is 0 Å². The lowest BCUT2D eigenvalue weighted by Crippen LogP contribution is -2.26. The van der Waals surface area contributed by atoms with E-state index < -0.39 is 12.1 Å². The van der Waals surface area contributed by atoms with Crippen molar-refractivity contribution in [1.29, 1.82) is 0 Å². The number of amides is 1. The summed E-state index contributed by atoms with van der Waals surface area (Å²) >= 11 is 6.20. The number of anilines is 1. The summed E-state index contributed by atoms with van der Waals surface area (Å²) in [6, 6.07) is 19.4. The Hall–Kier alpha value is -3.77. The van der Waals surface area contributed by atoms with E-state index in [1.807, 2.05) is 24.3 Å². The molecule has 6 nitrogen and oxygen atoms in total. The summed E-state index contributed by atoms with van der Waals surface area (Å²) in [7, 11) is 1.28. The molecule has 33 heavy (non-hydrogen) atoms. The molecule has 0 fully saturated rings. The number of fused-ring (bicyclic) bond motifs is 3. The smallest absolute Gasteiger partial charge is 0.407 e. The van der Waals surface area contributed by atoms with Crippen LogP contribution in [0.4, 0.5) is 10.5 Å². The number of halogens is 1. The molecule has 7 heteroatoms. The minimum absolute atomic E-state index is 0.00372. The molecule has 1 aliphatic carbocycles. The quantitative estimate of drug-likeness (QED) is 0.385. The Balaban J connectivity index is 1.35.